The highest BCUT2D eigenvalue weighted by molar-refractivity contribution is 6.34. The Bertz CT molecular complexity index is 1770. The third kappa shape index (κ3) is 5.31. The average molecular weight is 604 g/mol. The Balaban J connectivity index is 1.52. The van der Waals surface area contributed by atoms with Crippen molar-refractivity contribution in [2.24, 2.45) is 12.8 Å². The number of benzene rings is 1. The molecule has 4 N–H and O–H groups in total. The lowest BCUT2D eigenvalue weighted by Gasteiger charge is -2.34. The Hall–Kier alpha value is -4.20. The summed E-state index contributed by atoms with van der Waals surface area (Å²) in [4.78, 5) is 48.3. The van der Waals surface area contributed by atoms with Gasteiger partial charge in [-0.15, -0.1) is 0 Å². The quantitative estimate of drug-likeness (QED) is 0.284. The Labute approximate surface area is 242 Å². The van der Waals surface area contributed by atoms with Crippen LogP contribution in [0, 0.1) is 5.95 Å². The molecule has 0 unspecified atom stereocenters. The smallest absolute Gasteiger partial charge is 0.263 e. The van der Waals surface area contributed by atoms with Crippen molar-refractivity contribution in [2.75, 3.05) is 30.0 Å². The van der Waals surface area contributed by atoms with Crippen molar-refractivity contribution in [1.82, 2.24) is 19.1 Å². The van der Waals surface area contributed by atoms with Crippen molar-refractivity contribution in [3.63, 3.8) is 0 Å². The maximum atomic E-state index is 14.7. The minimum atomic E-state index is -0.938. The van der Waals surface area contributed by atoms with Gasteiger partial charge >= 0.3 is 0 Å². The minimum Gasteiger partial charge on any atom is -0.506 e. The molecule has 1 atom stereocenters. The number of rotatable bonds is 6. The van der Waals surface area contributed by atoms with Gasteiger partial charge < -0.3 is 34.9 Å². The number of hydrogen-bond donors (Lipinski definition) is 3. The summed E-state index contributed by atoms with van der Waals surface area (Å²) in [5.74, 6) is -2.65. The summed E-state index contributed by atoms with van der Waals surface area (Å²) < 4.78 is 22.8. The number of nitrogens with zero attached hydrogens (tertiary/aromatic N) is 5. The maximum absolute atomic E-state index is 14.7. The molecule has 2 amide bonds. The normalized spacial score (nSPS) is 15.3. The summed E-state index contributed by atoms with van der Waals surface area (Å²) in [5, 5.41) is 12.4. The topological polar surface area (TPSA) is 158 Å². The lowest BCUT2D eigenvalue weighted by molar-refractivity contribution is -0.116. The number of carbonyl (C=O) groups excluding carboxylic acids is 2. The van der Waals surface area contributed by atoms with Gasteiger partial charge in [0.15, 0.2) is 0 Å². The molecular weight excluding hydrogens is 580 g/mol. The summed E-state index contributed by atoms with van der Waals surface area (Å²) in [6.45, 7) is 2.94. The molecule has 0 spiro atoms. The number of phenols is 1. The summed E-state index contributed by atoms with van der Waals surface area (Å²) in [6.07, 6.45) is 2.79. The van der Waals surface area contributed by atoms with E-state index < -0.39 is 29.1 Å². The highest BCUT2D eigenvalue weighted by Crippen LogP contribution is 2.36. The zero-order chi connectivity index (χ0) is 29.6. The maximum Gasteiger partial charge on any atom is 0.263 e. The van der Waals surface area contributed by atoms with E-state index in [1.165, 1.54) is 46.9 Å². The molecule has 214 valence electrons. The van der Waals surface area contributed by atoms with Gasteiger partial charge in [-0.05, 0) is 24.6 Å². The third-order valence-electron chi connectivity index (χ3n) is 6.73. The largest absolute Gasteiger partial charge is 0.506 e. The van der Waals surface area contributed by atoms with Crippen LogP contribution in [0.25, 0.3) is 22.2 Å². The zero-order valence-electron chi connectivity index (χ0n) is 21.8. The van der Waals surface area contributed by atoms with Crippen LogP contribution in [-0.4, -0.2) is 61.8 Å². The number of aromatic nitrogens is 4. The van der Waals surface area contributed by atoms with Gasteiger partial charge in [0, 0.05) is 31.4 Å². The summed E-state index contributed by atoms with van der Waals surface area (Å²) >= 11 is 12.3. The zero-order valence-corrected chi connectivity index (χ0v) is 23.3. The molecule has 1 aliphatic heterocycles. The van der Waals surface area contributed by atoms with Crippen LogP contribution in [0.15, 0.2) is 35.5 Å². The van der Waals surface area contributed by atoms with Crippen LogP contribution < -0.4 is 21.5 Å². The SMILES string of the molecule is C[C@H]1COCCN1c1cc(NC(=O)Cn2cc(-c3cc(Cl)c(O)c(C(N)=O)c3)c3c(=O)n(C)cnc32)c(Cl)c(F)n1. The summed E-state index contributed by atoms with van der Waals surface area (Å²) in [7, 11) is 1.51. The van der Waals surface area contributed by atoms with Crippen molar-refractivity contribution < 1.29 is 23.8 Å². The molecule has 4 aromatic rings. The number of halogens is 3. The number of primary amides is 1. The van der Waals surface area contributed by atoms with E-state index in [4.69, 9.17) is 33.7 Å². The first kappa shape index (κ1) is 28.3. The lowest BCUT2D eigenvalue weighted by Crippen LogP contribution is -2.44. The van der Waals surface area contributed by atoms with E-state index in [2.05, 4.69) is 15.3 Å². The molecule has 0 radical (unpaired) electrons. The molecule has 5 rings (SSSR count). The molecule has 0 aliphatic carbocycles. The van der Waals surface area contributed by atoms with Gasteiger partial charge in [-0.1, -0.05) is 23.2 Å². The van der Waals surface area contributed by atoms with E-state index in [0.29, 0.717) is 36.7 Å². The molecule has 1 fully saturated rings. The van der Waals surface area contributed by atoms with Crippen molar-refractivity contribution in [3.05, 3.63) is 62.6 Å². The standard InChI is InChI=1S/C26H24Cl2FN7O5/c1-12-10-41-4-3-36(12)18-7-17(21(28)23(29)33-18)32-19(37)9-35-8-15(20-25(35)31-11-34(2)26(20)40)13-5-14(24(30)39)22(38)16(27)6-13/h5-8,11-12,38H,3-4,9-10H2,1-2H3,(H2,30,39)(H,32,33,37)/t12-/m0/s1. The fraction of sp³-hybridized carbons (Fsp3) is 0.269. The number of ether oxygens (including phenoxy) is 1. The lowest BCUT2D eigenvalue weighted by atomic mass is 10.0. The molecule has 4 heterocycles. The number of nitrogens with two attached hydrogens (primary N) is 1. The molecule has 15 heteroatoms. The number of nitrogens with one attached hydrogen (secondary N) is 1. The highest BCUT2D eigenvalue weighted by atomic mass is 35.5. The molecule has 0 bridgehead atoms. The fourth-order valence-electron chi connectivity index (χ4n) is 4.68. The fourth-order valence-corrected chi connectivity index (χ4v) is 5.05. The number of carbonyl (C=O) groups is 2. The van der Waals surface area contributed by atoms with Crippen LogP contribution in [0.4, 0.5) is 15.9 Å². The number of aryl methyl sites for hydroxylation is 1. The first-order valence-electron chi connectivity index (χ1n) is 12.3. The number of morpholine rings is 1. The summed E-state index contributed by atoms with van der Waals surface area (Å²) in [6, 6.07) is 4.08. The van der Waals surface area contributed by atoms with Gasteiger partial charge in [0.2, 0.25) is 11.9 Å². The Morgan fingerprint density at radius 1 is 1.29 bits per heavy atom. The third-order valence-corrected chi connectivity index (χ3v) is 7.38. The van der Waals surface area contributed by atoms with Crippen LogP contribution in [0.1, 0.15) is 17.3 Å². The van der Waals surface area contributed by atoms with Gasteiger partial charge in [-0.25, -0.2) is 9.97 Å². The summed E-state index contributed by atoms with van der Waals surface area (Å²) in [5.41, 5.74) is 5.48. The van der Waals surface area contributed by atoms with E-state index in [0.717, 1.165) is 0 Å². The van der Waals surface area contributed by atoms with Crippen molar-refractivity contribution in [3.8, 4) is 16.9 Å². The van der Waals surface area contributed by atoms with E-state index in [1.54, 1.807) is 0 Å². The number of amides is 2. The van der Waals surface area contributed by atoms with Crippen LogP contribution in [-0.2, 0) is 23.1 Å². The van der Waals surface area contributed by atoms with Crippen molar-refractivity contribution in [1.29, 1.82) is 0 Å². The van der Waals surface area contributed by atoms with Gasteiger partial charge in [0.05, 0.1) is 47.2 Å². The van der Waals surface area contributed by atoms with Gasteiger partial charge in [0.25, 0.3) is 11.5 Å². The minimum absolute atomic E-state index is 0.0230. The molecule has 41 heavy (non-hydrogen) atoms. The molecule has 1 aromatic carbocycles. The first-order valence-corrected chi connectivity index (χ1v) is 13.1. The van der Waals surface area contributed by atoms with E-state index in [-0.39, 0.29) is 44.9 Å². The number of fused-ring (bicyclic) bond motifs is 1. The number of hydrogen-bond acceptors (Lipinski definition) is 8. The highest BCUT2D eigenvalue weighted by Gasteiger charge is 2.24. The molecule has 1 aliphatic rings. The van der Waals surface area contributed by atoms with Gasteiger partial charge in [-0.2, -0.15) is 4.39 Å². The van der Waals surface area contributed by atoms with Gasteiger partial charge in [0.1, 0.15) is 28.8 Å². The Morgan fingerprint density at radius 3 is 2.76 bits per heavy atom. The number of anilines is 2. The van der Waals surface area contributed by atoms with Gasteiger partial charge in [-0.3, -0.25) is 14.4 Å². The Kier molecular flexibility index (Phi) is 7.60. The van der Waals surface area contributed by atoms with Crippen LogP contribution >= 0.6 is 23.2 Å². The van der Waals surface area contributed by atoms with Crippen molar-refractivity contribution >= 4 is 57.6 Å². The molecular formula is C26H24Cl2FN7O5. The van der Waals surface area contributed by atoms with Crippen LogP contribution in [0.3, 0.4) is 0 Å². The van der Waals surface area contributed by atoms with Crippen LogP contribution in [0.2, 0.25) is 10.0 Å². The molecule has 12 nitrogen and oxygen atoms in total. The molecule has 3 aromatic heterocycles. The number of aromatic hydroxyl groups is 1. The average Bonchev–Trinajstić information content (AvgIpc) is 3.28. The van der Waals surface area contributed by atoms with Crippen LogP contribution in [0.5, 0.6) is 5.75 Å². The first-order chi connectivity index (χ1) is 19.5. The monoisotopic (exact) mass is 603 g/mol. The van der Waals surface area contributed by atoms with E-state index >= 15 is 0 Å². The van der Waals surface area contributed by atoms with Crippen molar-refractivity contribution in [2.45, 2.75) is 19.5 Å². The molecule has 1 saturated heterocycles. The second-order valence-electron chi connectivity index (χ2n) is 9.55. The second kappa shape index (κ2) is 11.0. The predicted octanol–water partition coefficient (Wildman–Crippen LogP) is 2.91. The number of pyridine rings is 1. The Morgan fingerprint density at radius 2 is 2.05 bits per heavy atom. The van der Waals surface area contributed by atoms with E-state index in [9.17, 15) is 23.9 Å². The predicted molar refractivity (Wildman–Crippen MR) is 151 cm³/mol. The second-order valence-corrected chi connectivity index (χ2v) is 10.3. The molecule has 0 saturated carbocycles. The van der Waals surface area contributed by atoms with E-state index in [1.807, 2.05) is 11.8 Å².